The Kier molecular flexibility index (Phi) is 5.95. The van der Waals surface area contributed by atoms with Crippen LogP contribution in [0.5, 0.6) is 0 Å². The zero-order chi connectivity index (χ0) is 17.9. The largest absolute Gasteiger partial charge is 0.364 e. The van der Waals surface area contributed by atoms with Crippen LogP contribution in [0.15, 0.2) is 17.2 Å². The summed E-state index contributed by atoms with van der Waals surface area (Å²) in [5.41, 5.74) is 5.26. The van der Waals surface area contributed by atoms with Crippen molar-refractivity contribution in [1.29, 1.82) is 0 Å². The molecule has 0 saturated heterocycles. The van der Waals surface area contributed by atoms with E-state index in [0.717, 1.165) is 0 Å². The molecule has 8 nitrogen and oxygen atoms in total. The van der Waals surface area contributed by atoms with Gasteiger partial charge in [-0.25, -0.2) is 8.42 Å². The molecule has 0 aliphatic carbocycles. The van der Waals surface area contributed by atoms with Crippen LogP contribution in [0.4, 0.5) is 0 Å². The molecule has 2 amide bonds. The van der Waals surface area contributed by atoms with Crippen LogP contribution in [0.1, 0.15) is 30.8 Å². The van der Waals surface area contributed by atoms with E-state index in [1.807, 2.05) is 13.8 Å². The molecule has 1 rings (SSSR count). The van der Waals surface area contributed by atoms with Gasteiger partial charge in [-0.1, -0.05) is 13.8 Å². The van der Waals surface area contributed by atoms with Crippen LogP contribution < -0.4 is 10.5 Å². The van der Waals surface area contributed by atoms with Gasteiger partial charge in [0.15, 0.2) is 0 Å². The number of sulfonamides is 1. The summed E-state index contributed by atoms with van der Waals surface area (Å²) in [5, 5.41) is 0. The summed E-state index contributed by atoms with van der Waals surface area (Å²) in [6.07, 6.45) is 1.65. The van der Waals surface area contributed by atoms with Gasteiger partial charge in [0.1, 0.15) is 16.6 Å². The third kappa shape index (κ3) is 4.80. The van der Waals surface area contributed by atoms with Crippen molar-refractivity contribution in [3.05, 3.63) is 18.0 Å². The summed E-state index contributed by atoms with van der Waals surface area (Å²) < 4.78 is 28.7. The Morgan fingerprint density at radius 1 is 1.35 bits per heavy atom. The lowest BCUT2D eigenvalue weighted by Crippen LogP contribution is -2.46. The van der Waals surface area contributed by atoms with Gasteiger partial charge in [-0.3, -0.25) is 9.59 Å². The van der Waals surface area contributed by atoms with E-state index >= 15 is 0 Å². The van der Waals surface area contributed by atoms with Crippen LogP contribution in [0.3, 0.4) is 0 Å². The Morgan fingerprint density at radius 2 is 1.91 bits per heavy atom. The number of aromatic nitrogens is 1. The summed E-state index contributed by atoms with van der Waals surface area (Å²) in [6, 6.07) is 0.323. The standard InChI is InChI=1S/C14H24N4O4S/c1-9(2)6-11(14(20)17(3)4)16-23(21,22)10-7-12(13(15)19)18(5)8-10/h7-9,11,16H,6H2,1-5H3,(H2,15,19)/t11-/m0/s1. The molecule has 9 heteroatoms. The molecule has 1 heterocycles. The van der Waals surface area contributed by atoms with E-state index in [1.165, 1.54) is 28.8 Å². The number of amides is 2. The quantitative estimate of drug-likeness (QED) is 0.719. The maximum absolute atomic E-state index is 12.5. The molecule has 0 aromatic carbocycles. The molecule has 0 fully saturated rings. The SMILES string of the molecule is CC(C)C[C@H](NS(=O)(=O)c1cc(C(N)=O)n(C)c1)C(=O)N(C)C. The molecule has 0 aliphatic rings. The highest BCUT2D eigenvalue weighted by molar-refractivity contribution is 7.89. The third-order valence-electron chi connectivity index (χ3n) is 3.29. The Morgan fingerprint density at radius 3 is 2.30 bits per heavy atom. The van der Waals surface area contributed by atoms with Crippen molar-refractivity contribution in [2.24, 2.45) is 18.7 Å². The first-order chi connectivity index (χ1) is 10.5. The molecule has 1 atom stereocenters. The minimum Gasteiger partial charge on any atom is -0.364 e. The van der Waals surface area contributed by atoms with Gasteiger partial charge in [0.25, 0.3) is 5.91 Å². The van der Waals surface area contributed by atoms with Crippen molar-refractivity contribution in [3.63, 3.8) is 0 Å². The van der Waals surface area contributed by atoms with Crippen LogP contribution in [0, 0.1) is 5.92 Å². The van der Waals surface area contributed by atoms with Gasteiger partial charge in [-0.2, -0.15) is 4.72 Å². The second-order valence-corrected chi connectivity index (χ2v) is 7.79. The average Bonchev–Trinajstić information content (AvgIpc) is 2.79. The third-order valence-corrected chi connectivity index (χ3v) is 4.72. The average molecular weight is 344 g/mol. The number of rotatable bonds is 7. The molecule has 3 N–H and O–H groups in total. The first-order valence-corrected chi connectivity index (χ1v) is 8.63. The predicted molar refractivity (Wildman–Crippen MR) is 86.2 cm³/mol. The van der Waals surface area contributed by atoms with E-state index in [-0.39, 0.29) is 22.4 Å². The van der Waals surface area contributed by atoms with Gasteiger partial charge >= 0.3 is 0 Å². The van der Waals surface area contributed by atoms with Crippen LogP contribution >= 0.6 is 0 Å². The molecule has 1 aromatic rings. The summed E-state index contributed by atoms with van der Waals surface area (Å²) in [6.45, 7) is 3.80. The van der Waals surface area contributed by atoms with E-state index in [1.54, 1.807) is 14.1 Å². The number of likely N-dealkylation sites (N-methyl/N-ethyl adjacent to an activating group) is 1. The molecule has 0 saturated carbocycles. The molecule has 0 unspecified atom stereocenters. The van der Waals surface area contributed by atoms with Crippen LogP contribution in [0.2, 0.25) is 0 Å². The Balaban J connectivity index is 3.13. The monoisotopic (exact) mass is 344 g/mol. The van der Waals surface area contributed by atoms with Crippen molar-refractivity contribution in [1.82, 2.24) is 14.2 Å². The highest BCUT2D eigenvalue weighted by Crippen LogP contribution is 2.16. The Bertz CT molecular complexity index is 692. The fourth-order valence-corrected chi connectivity index (χ4v) is 3.44. The highest BCUT2D eigenvalue weighted by atomic mass is 32.2. The van der Waals surface area contributed by atoms with Crippen molar-refractivity contribution in [2.45, 2.75) is 31.2 Å². The van der Waals surface area contributed by atoms with Gasteiger partial charge in [0.05, 0.1) is 0 Å². The van der Waals surface area contributed by atoms with Crippen molar-refractivity contribution in [2.75, 3.05) is 14.1 Å². The number of hydrogen-bond acceptors (Lipinski definition) is 4. The van der Waals surface area contributed by atoms with E-state index in [0.29, 0.717) is 6.42 Å². The summed E-state index contributed by atoms with van der Waals surface area (Å²) in [5.74, 6) is -0.922. The van der Waals surface area contributed by atoms with Crippen molar-refractivity contribution >= 4 is 21.8 Å². The van der Waals surface area contributed by atoms with E-state index in [9.17, 15) is 18.0 Å². The molecule has 0 bridgehead atoms. The number of primary amides is 1. The number of nitrogens with one attached hydrogen (secondary N) is 1. The number of nitrogens with zero attached hydrogens (tertiary/aromatic N) is 2. The second-order valence-electron chi connectivity index (χ2n) is 6.07. The lowest BCUT2D eigenvalue weighted by Gasteiger charge is -2.22. The molecule has 1 aromatic heterocycles. The van der Waals surface area contributed by atoms with Gasteiger partial charge < -0.3 is 15.2 Å². The summed E-state index contributed by atoms with van der Waals surface area (Å²) >= 11 is 0. The van der Waals surface area contributed by atoms with Crippen molar-refractivity contribution in [3.8, 4) is 0 Å². The minimum atomic E-state index is -3.94. The zero-order valence-corrected chi connectivity index (χ0v) is 14.8. The van der Waals surface area contributed by atoms with Crippen LogP contribution in [-0.2, 0) is 21.9 Å². The topological polar surface area (TPSA) is 114 Å². The lowest BCUT2D eigenvalue weighted by atomic mass is 10.0. The van der Waals surface area contributed by atoms with Gasteiger partial charge in [0, 0.05) is 27.3 Å². The Hall–Kier alpha value is -1.87. The maximum atomic E-state index is 12.5. The van der Waals surface area contributed by atoms with E-state index < -0.39 is 22.0 Å². The number of aryl methyl sites for hydroxylation is 1. The number of nitrogens with two attached hydrogens (primary N) is 1. The van der Waals surface area contributed by atoms with Crippen molar-refractivity contribution < 1.29 is 18.0 Å². The summed E-state index contributed by atoms with van der Waals surface area (Å²) in [4.78, 5) is 24.7. The lowest BCUT2D eigenvalue weighted by molar-refractivity contribution is -0.130. The maximum Gasteiger partial charge on any atom is 0.265 e. The first-order valence-electron chi connectivity index (χ1n) is 7.15. The fraction of sp³-hybridized carbons (Fsp3) is 0.571. The fourth-order valence-electron chi connectivity index (χ4n) is 2.16. The van der Waals surface area contributed by atoms with Crippen LogP contribution in [0.25, 0.3) is 0 Å². The van der Waals surface area contributed by atoms with Crippen LogP contribution in [-0.4, -0.2) is 49.8 Å². The van der Waals surface area contributed by atoms with E-state index in [4.69, 9.17) is 5.73 Å². The predicted octanol–water partition coefficient (Wildman–Crippen LogP) is -0.0948. The number of hydrogen-bond donors (Lipinski definition) is 2. The Labute approximate surface area is 136 Å². The number of carbonyl (C=O) groups is 2. The van der Waals surface area contributed by atoms with E-state index in [2.05, 4.69) is 4.72 Å². The second kappa shape index (κ2) is 7.14. The minimum absolute atomic E-state index is 0.0738. The van der Waals surface area contributed by atoms with Gasteiger partial charge in [0.2, 0.25) is 15.9 Å². The highest BCUT2D eigenvalue weighted by Gasteiger charge is 2.28. The number of carbonyl (C=O) groups excluding carboxylic acids is 2. The zero-order valence-electron chi connectivity index (χ0n) is 14.0. The molecule has 0 radical (unpaired) electrons. The van der Waals surface area contributed by atoms with Gasteiger partial charge in [-0.15, -0.1) is 0 Å². The molecular weight excluding hydrogens is 320 g/mol. The molecule has 130 valence electrons. The van der Waals surface area contributed by atoms with Gasteiger partial charge in [-0.05, 0) is 18.4 Å². The molecular formula is C14H24N4O4S. The normalized spacial score (nSPS) is 13.1. The molecule has 0 spiro atoms. The smallest absolute Gasteiger partial charge is 0.265 e. The molecule has 23 heavy (non-hydrogen) atoms. The molecule has 0 aliphatic heterocycles. The first kappa shape index (κ1) is 19.2. The summed E-state index contributed by atoms with van der Waals surface area (Å²) in [7, 11) is 0.713.